The Hall–Kier alpha value is -0.620. The van der Waals surface area contributed by atoms with Crippen LogP contribution in [0.5, 0.6) is 0 Å². The normalized spacial score (nSPS) is 29.8. The highest BCUT2D eigenvalue weighted by molar-refractivity contribution is 9.10. The van der Waals surface area contributed by atoms with E-state index in [-0.39, 0.29) is 5.60 Å². The second-order valence-corrected chi connectivity index (χ2v) is 8.93. The molecule has 6 heteroatoms. The van der Waals surface area contributed by atoms with Crippen molar-refractivity contribution >= 4 is 39.3 Å². The monoisotopic (exact) mass is 422 g/mol. The van der Waals surface area contributed by atoms with Gasteiger partial charge in [0.05, 0.1) is 12.3 Å². The van der Waals surface area contributed by atoms with Crippen molar-refractivity contribution in [1.82, 2.24) is 9.97 Å². The number of aromatic nitrogens is 2. The van der Waals surface area contributed by atoms with E-state index in [0.29, 0.717) is 23.6 Å². The van der Waals surface area contributed by atoms with Crippen molar-refractivity contribution in [3.63, 3.8) is 0 Å². The molecule has 1 aromatic heterocycles. The van der Waals surface area contributed by atoms with Crippen LogP contribution in [0.2, 0.25) is 5.15 Å². The maximum Gasteiger partial charge on any atom is 0.188 e. The topological polar surface area (TPSA) is 35.0 Å². The Kier molecular flexibility index (Phi) is 3.54. The Labute approximate surface area is 158 Å². The zero-order valence-corrected chi connectivity index (χ0v) is 16.3. The summed E-state index contributed by atoms with van der Waals surface area (Å²) in [7, 11) is 0. The number of thioether (sulfide) groups is 1. The van der Waals surface area contributed by atoms with Gasteiger partial charge in [-0.15, -0.1) is 0 Å². The Balaban J connectivity index is 1.66. The predicted molar refractivity (Wildman–Crippen MR) is 98.6 cm³/mol. The number of nitrogens with zero attached hydrogens (tertiary/aromatic N) is 2. The van der Waals surface area contributed by atoms with E-state index >= 15 is 0 Å². The van der Waals surface area contributed by atoms with Gasteiger partial charge in [0.15, 0.2) is 5.16 Å². The van der Waals surface area contributed by atoms with Gasteiger partial charge in [0, 0.05) is 16.5 Å². The molecule has 1 aromatic carbocycles. The molecule has 1 saturated carbocycles. The van der Waals surface area contributed by atoms with Crippen LogP contribution in [0.3, 0.4) is 0 Å². The van der Waals surface area contributed by atoms with Gasteiger partial charge in [0.2, 0.25) is 0 Å². The maximum absolute atomic E-state index is 6.53. The highest BCUT2D eigenvalue weighted by Crippen LogP contribution is 2.61. The molecule has 2 bridgehead atoms. The van der Waals surface area contributed by atoms with Crippen LogP contribution in [-0.2, 0) is 23.4 Å². The van der Waals surface area contributed by atoms with Crippen LogP contribution in [0.4, 0.5) is 0 Å². The lowest BCUT2D eigenvalue weighted by molar-refractivity contribution is -0.151. The molecule has 0 radical (unpaired) electrons. The Morgan fingerprint density at radius 3 is 2.96 bits per heavy atom. The molecule has 3 nitrogen and oxygen atoms in total. The first-order valence-electron chi connectivity index (χ1n) is 8.14. The number of benzene rings is 1. The van der Waals surface area contributed by atoms with E-state index < -0.39 is 0 Å². The molecule has 24 heavy (non-hydrogen) atoms. The van der Waals surface area contributed by atoms with E-state index in [1.54, 1.807) is 0 Å². The van der Waals surface area contributed by atoms with Crippen LogP contribution in [0, 0.1) is 5.92 Å². The van der Waals surface area contributed by atoms with Crippen LogP contribution < -0.4 is 0 Å². The minimum atomic E-state index is -0.256. The van der Waals surface area contributed by atoms with E-state index in [4.69, 9.17) is 21.3 Å². The fraction of sp³-hybridized carbons (Fsp3) is 0.444. The summed E-state index contributed by atoms with van der Waals surface area (Å²) in [5, 5.41) is 1.28. The zero-order valence-electron chi connectivity index (χ0n) is 13.2. The van der Waals surface area contributed by atoms with Crippen LogP contribution in [0.15, 0.2) is 27.8 Å². The first kappa shape index (κ1) is 15.6. The Bertz CT molecular complexity index is 855. The summed E-state index contributed by atoms with van der Waals surface area (Å²) in [4.78, 5) is 9.12. The van der Waals surface area contributed by atoms with Gasteiger partial charge < -0.3 is 4.74 Å². The van der Waals surface area contributed by atoms with E-state index in [1.165, 1.54) is 35.7 Å². The van der Waals surface area contributed by atoms with E-state index in [0.717, 1.165) is 27.3 Å². The van der Waals surface area contributed by atoms with Crippen molar-refractivity contribution in [3.8, 4) is 0 Å². The van der Waals surface area contributed by atoms with Crippen LogP contribution >= 0.6 is 39.3 Å². The number of hydrogen-bond acceptors (Lipinski definition) is 4. The summed E-state index contributed by atoms with van der Waals surface area (Å²) < 4.78 is 7.64. The SMILES string of the molecule is CSc1nc(Cl)c2c(n1)CC1(OC2)c2cc(Br)ccc2C2CC1C2. The summed E-state index contributed by atoms with van der Waals surface area (Å²) >= 11 is 11.5. The zero-order chi connectivity index (χ0) is 16.5. The summed E-state index contributed by atoms with van der Waals surface area (Å²) in [5.74, 6) is 1.27. The minimum Gasteiger partial charge on any atom is -0.365 e. The van der Waals surface area contributed by atoms with Gasteiger partial charge in [-0.2, -0.15) is 0 Å². The van der Waals surface area contributed by atoms with Crippen LogP contribution in [0.25, 0.3) is 0 Å². The van der Waals surface area contributed by atoms with Crippen molar-refractivity contribution in [2.24, 2.45) is 5.92 Å². The van der Waals surface area contributed by atoms with Gasteiger partial charge in [0.1, 0.15) is 10.8 Å². The van der Waals surface area contributed by atoms with Crippen molar-refractivity contribution < 1.29 is 4.74 Å². The first-order valence-corrected chi connectivity index (χ1v) is 10.5. The number of halogens is 2. The van der Waals surface area contributed by atoms with E-state index in [1.807, 2.05) is 6.26 Å². The quantitative estimate of drug-likeness (QED) is 0.363. The largest absolute Gasteiger partial charge is 0.365 e. The standard InChI is InChI=1S/C18H16BrClN2OS/c1-24-17-21-15-7-18(23-8-13(15)16(20)22-17)10-4-9(5-10)12-3-2-11(19)6-14(12)18/h2-3,6,9-10H,4-5,7-8H2,1H3. The third-order valence-corrected chi connectivity index (χ3v) is 7.17. The smallest absolute Gasteiger partial charge is 0.188 e. The number of fused-ring (bicyclic) bond motifs is 1. The molecular formula is C18H16BrClN2OS. The average molecular weight is 424 g/mol. The molecule has 1 spiro atoms. The maximum atomic E-state index is 6.53. The van der Waals surface area contributed by atoms with Crippen molar-refractivity contribution in [1.29, 1.82) is 0 Å². The third-order valence-electron chi connectivity index (χ3n) is 5.82. The Morgan fingerprint density at radius 2 is 2.17 bits per heavy atom. The molecule has 0 saturated heterocycles. The molecule has 0 N–H and O–H groups in total. The summed E-state index contributed by atoms with van der Waals surface area (Å²) in [5.41, 5.74) is 4.55. The number of hydrogen-bond donors (Lipinski definition) is 0. The lowest BCUT2D eigenvalue weighted by Crippen LogP contribution is -2.52. The molecule has 2 heterocycles. The molecule has 0 amide bonds. The fourth-order valence-electron chi connectivity index (χ4n) is 4.52. The van der Waals surface area contributed by atoms with Gasteiger partial charge in [-0.1, -0.05) is 45.4 Å². The molecule has 2 aromatic rings. The lowest BCUT2D eigenvalue weighted by Gasteiger charge is -2.56. The average Bonchev–Trinajstić information content (AvgIpc) is 2.53. The highest BCUT2D eigenvalue weighted by Gasteiger charge is 2.56. The summed E-state index contributed by atoms with van der Waals surface area (Å²) in [6, 6.07) is 6.66. The molecular weight excluding hydrogens is 408 g/mol. The highest BCUT2D eigenvalue weighted by atomic mass is 79.9. The van der Waals surface area contributed by atoms with Crippen molar-refractivity contribution in [2.45, 2.75) is 42.5 Å². The molecule has 1 fully saturated rings. The van der Waals surface area contributed by atoms with Crippen molar-refractivity contribution in [2.75, 3.05) is 6.26 Å². The predicted octanol–water partition coefficient (Wildman–Crippen LogP) is 5.09. The molecule has 1 unspecified atom stereocenters. The fourth-order valence-corrected chi connectivity index (χ4v) is 5.56. The van der Waals surface area contributed by atoms with Gasteiger partial charge in [0.25, 0.3) is 0 Å². The van der Waals surface area contributed by atoms with Gasteiger partial charge in [-0.05, 0) is 54.2 Å². The molecule has 124 valence electrons. The van der Waals surface area contributed by atoms with Crippen LogP contribution in [-0.4, -0.2) is 16.2 Å². The van der Waals surface area contributed by atoms with Crippen LogP contribution in [0.1, 0.15) is 41.1 Å². The summed E-state index contributed by atoms with van der Waals surface area (Å²) in [6.45, 7) is 0.496. The van der Waals surface area contributed by atoms with E-state index in [9.17, 15) is 0 Å². The molecule has 3 aliphatic carbocycles. The second kappa shape index (κ2) is 5.44. The van der Waals surface area contributed by atoms with Gasteiger partial charge in [-0.3, -0.25) is 0 Å². The van der Waals surface area contributed by atoms with E-state index in [2.05, 4.69) is 39.1 Å². The number of ether oxygens (including phenoxy) is 1. The minimum absolute atomic E-state index is 0.256. The molecule has 4 aliphatic rings. The van der Waals surface area contributed by atoms with Gasteiger partial charge >= 0.3 is 0 Å². The first-order chi connectivity index (χ1) is 11.6. The number of rotatable bonds is 1. The second-order valence-electron chi connectivity index (χ2n) is 6.88. The summed E-state index contributed by atoms with van der Waals surface area (Å²) in [6.07, 6.45) is 5.21. The van der Waals surface area contributed by atoms with Crippen molar-refractivity contribution in [3.05, 3.63) is 50.2 Å². The molecule has 1 atom stereocenters. The lowest BCUT2D eigenvalue weighted by atomic mass is 9.54. The van der Waals surface area contributed by atoms with Gasteiger partial charge in [-0.25, -0.2) is 9.97 Å². The third kappa shape index (κ3) is 2.08. The molecule has 1 aliphatic heterocycles. The molecule has 6 rings (SSSR count). The Morgan fingerprint density at radius 1 is 1.33 bits per heavy atom.